The third-order valence-corrected chi connectivity index (χ3v) is 2.97. The number of carbonyl (C=O) groups excluding carboxylic acids is 1. The molecule has 0 radical (unpaired) electrons. The van der Waals surface area contributed by atoms with E-state index >= 15 is 0 Å². The maximum absolute atomic E-state index is 12.9. The first-order chi connectivity index (χ1) is 7.58. The van der Waals surface area contributed by atoms with Crippen LogP contribution in [0.1, 0.15) is 18.0 Å². The number of esters is 1. The summed E-state index contributed by atoms with van der Waals surface area (Å²) in [6, 6.07) is 4.18. The number of hydrogen-bond donors (Lipinski definition) is 1. The number of halogens is 2. The summed E-state index contributed by atoms with van der Waals surface area (Å²) >= 11 is 3.27. The molecule has 0 aliphatic heterocycles. The van der Waals surface area contributed by atoms with Crippen molar-refractivity contribution in [2.75, 3.05) is 14.2 Å². The highest BCUT2D eigenvalue weighted by Gasteiger charge is 2.17. The Labute approximate surface area is 102 Å². The summed E-state index contributed by atoms with van der Waals surface area (Å²) in [4.78, 5) is 11.2. The van der Waals surface area contributed by atoms with Crippen LogP contribution in [0.5, 0.6) is 0 Å². The number of hydrogen-bond acceptors (Lipinski definition) is 3. The van der Waals surface area contributed by atoms with Crippen LogP contribution in [0.15, 0.2) is 22.7 Å². The second-order valence-corrected chi connectivity index (χ2v) is 4.14. The van der Waals surface area contributed by atoms with E-state index in [0.29, 0.717) is 4.47 Å². The summed E-state index contributed by atoms with van der Waals surface area (Å²) in [6.07, 6.45) is 0.206. The van der Waals surface area contributed by atoms with Crippen molar-refractivity contribution in [1.29, 1.82) is 0 Å². The van der Waals surface area contributed by atoms with Crippen molar-refractivity contribution in [2.45, 2.75) is 12.5 Å². The number of rotatable bonds is 4. The zero-order valence-corrected chi connectivity index (χ0v) is 10.7. The van der Waals surface area contributed by atoms with Gasteiger partial charge in [-0.05, 0) is 24.7 Å². The van der Waals surface area contributed by atoms with Crippen LogP contribution >= 0.6 is 15.9 Å². The van der Waals surface area contributed by atoms with Gasteiger partial charge in [-0.3, -0.25) is 4.79 Å². The van der Waals surface area contributed by atoms with Gasteiger partial charge in [-0.2, -0.15) is 0 Å². The highest BCUT2D eigenvalue weighted by atomic mass is 79.9. The minimum atomic E-state index is -0.316. The molecule has 1 atom stereocenters. The van der Waals surface area contributed by atoms with Crippen molar-refractivity contribution < 1.29 is 13.9 Å². The second kappa shape index (κ2) is 5.96. The topological polar surface area (TPSA) is 38.3 Å². The molecule has 0 saturated heterocycles. The lowest BCUT2D eigenvalue weighted by Gasteiger charge is -2.16. The van der Waals surface area contributed by atoms with Crippen molar-refractivity contribution in [3.05, 3.63) is 34.1 Å². The molecule has 16 heavy (non-hydrogen) atoms. The zero-order chi connectivity index (χ0) is 12.1. The summed E-state index contributed by atoms with van der Waals surface area (Å²) in [7, 11) is 3.08. The Morgan fingerprint density at radius 2 is 2.31 bits per heavy atom. The normalized spacial score (nSPS) is 12.2. The predicted molar refractivity (Wildman–Crippen MR) is 62.5 cm³/mol. The largest absolute Gasteiger partial charge is 0.469 e. The van der Waals surface area contributed by atoms with Crippen LogP contribution in [0.25, 0.3) is 0 Å². The molecule has 0 spiro atoms. The molecule has 1 rings (SSSR count). The van der Waals surface area contributed by atoms with Crippen molar-refractivity contribution >= 4 is 21.9 Å². The number of carbonyl (C=O) groups is 1. The Morgan fingerprint density at radius 3 is 2.81 bits per heavy atom. The molecule has 0 bridgehead atoms. The van der Waals surface area contributed by atoms with Gasteiger partial charge in [0.25, 0.3) is 0 Å². The first-order valence-electron chi connectivity index (χ1n) is 4.77. The minimum Gasteiger partial charge on any atom is -0.469 e. The fraction of sp³-hybridized carbons (Fsp3) is 0.364. The fourth-order valence-electron chi connectivity index (χ4n) is 1.40. The minimum absolute atomic E-state index is 0.192. The van der Waals surface area contributed by atoms with Crippen molar-refractivity contribution in [3.8, 4) is 0 Å². The molecule has 0 saturated carbocycles. The Morgan fingerprint density at radius 1 is 1.62 bits per heavy atom. The number of ether oxygens (including phenoxy) is 1. The summed E-state index contributed by atoms with van der Waals surface area (Å²) in [5, 5.41) is 2.99. The monoisotopic (exact) mass is 289 g/mol. The van der Waals surface area contributed by atoms with E-state index in [1.165, 1.54) is 19.2 Å². The van der Waals surface area contributed by atoms with Gasteiger partial charge >= 0.3 is 5.97 Å². The van der Waals surface area contributed by atoms with Crippen molar-refractivity contribution in [3.63, 3.8) is 0 Å². The van der Waals surface area contributed by atoms with Gasteiger partial charge in [0.2, 0.25) is 0 Å². The molecule has 1 N–H and O–H groups in total. The molecule has 88 valence electrons. The Kier molecular flexibility index (Phi) is 4.89. The van der Waals surface area contributed by atoms with Crippen molar-refractivity contribution in [1.82, 2.24) is 5.32 Å². The van der Waals surface area contributed by atoms with Gasteiger partial charge in [0, 0.05) is 10.5 Å². The van der Waals surface area contributed by atoms with E-state index in [4.69, 9.17) is 0 Å². The van der Waals surface area contributed by atoms with Gasteiger partial charge in [0.1, 0.15) is 5.82 Å². The highest BCUT2D eigenvalue weighted by Crippen LogP contribution is 2.26. The predicted octanol–water partition coefficient (Wildman–Crippen LogP) is 2.41. The van der Waals surface area contributed by atoms with Crippen LogP contribution < -0.4 is 5.32 Å². The molecule has 0 fully saturated rings. The molecular formula is C11H13BrFNO2. The zero-order valence-electron chi connectivity index (χ0n) is 9.09. The standard InChI is InChI=1S/C11H13BrFNO2/c1-14-10(6-11(15)16-2)8-4-3-7(13)5-9(8)12/h3-5,10,14H,6H2,1-2H3. The van der Waals surface area contributed by atoms with Gasteiger partial charge in [0.15, 0.2) is 0 Å². The van der Waals surface area contributed by atoms with E-state index < -0.39 is 0 Å². The van der Waals surface area contributed by atoms with Gasteiger partial charge in [-0.25, -0.2) is 4.39 Å². The van der Waals surface area contributed by atoms with Gasteiger partial charge in [-0.1, -0.05) is 22.0 Å². The molecule has 0 amide bonds. The van der Waals surface area contributed by atoms with Gasteiger partial charge in [-0.15, -0.1) is 0 Å². The lowest BCUT2D eigenvalue weighted by Crippen LogP contribution is -2.21. The van der Waals surface area contributed by atoms with E-state index in [-0.39, 0.29) is 24.2 Å². The number of benzene rings is 1. The lowest BCUT2D eigenvalue weighted by atomic mass is 10.0. The highest BCUT2D eigenvalue weighted by molar-refractivity contribution is 9.10. The van der Waals surface area contributed by atoms with Crippen molar-refractivity contribution in [2.24, 2.45) is 0 Å². The van der Waals surface area contributed by atoms with Crippen LogP contribution in [0.3, 0.4) is 0 Å². The average molecular weight is 290 g/mol. The summed E-state index contributed by atoms with van der Waals surface area (Å²) in [5.74, 6) is -0.626. The molecule has 1 unspecified atom stereocenters. The number of nitrogens with one attached hydrogen (secondary N) is 1. The SMILES string of the molecule is CNC(CC(=O)OC)c1ccc(F)cc1Br. The number of methoxy groups -OCH3 is 1. The van der Waals surface area contributed by atoms with Gasteiger partial charge < -0.3 is 10.1 Å². The molecule has 1 aromatic carbocycles. The lowest BCUT2D eigenvalue weighted by molar-refractivity contribution is -0.141. The maximum Gasteiger partial charge on any atom is 0.307 e. The smallest absolute Gasteiger partial charge is 0.307 e. The van der Waals surface area contributed by atoms with Crippen LogP contribution in [-0.4, -0.2) is 20.1 Å². The molecule has 5 heteroatoms. The maximum atomic E-state index is 12.9. The summed E-state index contributed by atoms with van der Waals surface area (Å²) in [6.45, 7) is 0. The Bertz CT molecular complexity index is 384. The first-order valence-corrected chi connectivity index (χ1v) is 5.56. The Balaban J connectivity index is 2.90. The quantitative estimate of drug-likeness (QED) is 0.865. The Hall–Kier alpha value is -0.940. The van der Waals surface area contributed by atoms with Crippen LogP contribution in [0.2, 0.25) is 0 Å². The van der Waals surface area contributed by atoms with Crippen LogP contribution in [-0.2, 0) is 9.53 Å². The average Bonchev–Trinajstić information content (AvgIpc) is 2.26. The molecule has 0 aromatic heterocycles. The molecule has 0 aliphatic carbocycles. The molecular weight excluding hydrogens is 277 g/mol. The first kappa shape index (κ1) is 13.1. The van der Waals surface area contributed by atoms with E-state index in [1.54, 1.807) is 13.1 Å². The second-order valence-electron chi connectivity index (χ2n) is 3.29. The molecule has 0 aliphatic rings. The molecule has 1 aromatic rings. The third kappa shape index (κ3) is 3.28. The fourth-order valence-corrected chi connectivity index (χ4v) is 2.03. The van der Waals surface area contributed by atoms with E-state index in [2.05, 4.69) is 26.0 Å². The molecule has 3 nitrogen and oxygen atoms in total. The third-order valence-electron chi connectivity index (χ3n) is 2.28. The van der Waals surface area contributed by atoms with E-state index in [1.807, 2.05) is 0 Å². The van der Waals surface area contributed by atoms with Crippen LogP contribution in [0, 0.1) is 5.82 Å². The van der Waals surface area contributed by atoms with E-state index in [0.717, 1.165) is 5.56 Å². The summed E-state index contributed by atoms with van der Waals surface area (Å²) in [5.41, 5.74) is 0.828. The summed E-state index contributed by atoms with van der Waals surface area (Å²) < 4.78 is 18.1. The molecule has 0 heterocycles. The van der Waals surface area contributed by atoms with Gasteiger partial charge in [0.05, 0.1) is 13.5 Å². The van der Waals surface area contributed by atoms with E-state index in [9.17, 15) is 9.18 Å². The van der Waals surface area contributed by atoms with Crippen LogP contribution in [0.4, 0.5) is 4.39 Å².